The molecule has 2 aromatic heterocycles. The van der Waals surface area contributed by atoms with Crippen LogP contribution in [0.1, 0.15) is 19.8 Å². The summed E-state index contributed by atoms with van der Waals surface area (Å²) < 4.78 is 33.5. The monoisotopic (exact) mass is 482 g/mol. The number of carbonyl (C=O) groups excluding carboxylic acids is 1. The summed E-state index contributed by atoms with van der Waals surface area (Å²) in [6.45, 7) is 10.6. The van der Waals surface area contributed by atoms with Crippen molar-refractivity contribution in [2.45, 2.75) is 58.2 Å². The SMILES string of the molecule is CCCS(=O)(=O)N1CCC(NC(=O)Nc2cnc3c(ccn3COCC[Si](C)(C)C)n2)C1. The number of hydrogen-bond acceptors (Lipinski definition) is 6. The summed E-state index contributed by atoms with van der Waals surface area (Å²) in [6, 6.07) is 2.28. The number of urea groups is 1. The summed E-state index contributed by atoms with van der Waals surface area (Å²) in [7, 11) is -4.37. The minimum absolute atomic E-state index is 0.129. The summed E-state index contributed by atoms with van der Waals surface area (Å²) in [5.41, 5.74) is 1.35. The molecule has 2 amide bonds. The van der Waals surface area contributed by atoms with Gasteiger partial charge < -0.3 is 14.6 Å². The molecule has 32 heavy (non-hydrogen) atoms. The third-order valence-electron chi connectivity index (χ3n) is 5.27. The van der Waals surface area contributed by atoms with E-state index in [-0.39, 0.29) is 11.8 Å². The van der Waals surface area contributed by atoms with Crippen LogP contribution in [-0.2, 0) is 21.5 Å². The standard InChI is InChI=1S/C20H34N6O4SSi/c1-5-11-31(28,29)26-9-6-16(14-26)22-20(27)24-18-13-21-19-17(23-18)7-8-25(19)15-30-10-12-32(2,3)4/h7-8,13,16H,5-6,9-12,14-15H2,1-4H3,(H2,22,23,24,27). The first-order chi connectivity index (χ1) is 15.1. The maximum absolute atomic E-state index is 12.4. The summed E-state index contributed by atoms with van der Waals surface area (Å²) in [5, 5.41) is 5.52. The number of fused-ring (bicyclic) bond motifs is 1. The van der Waals surface area contributed by atoms with E-state index in [1.54, 1.807) is 0 Å². The van der Waals surface area contributed by atoms with E-state index in [4.69, 9.17) is 4.74 Å². The maximum Gasteiger partial charge on any atom is 0.320 e. The number of aromatic nitrogens is 3. The molecular formula is C20H34N6O4SSi. The van der Waals surface area contributed by atoms with Gasteiger partial charge in [-0.2, -0.15) is 4.31 Å². The third-order valence-corrected chi connectivity index (χ3v) is 9.02. The zero-order valence-corrected chi connectivity index (χ0v) is 21.1. The van der Waals surface area contributed by atoms with E-state index in [0.717, 1.165) is 12.7 Å². The number of nitrogens with zero attached hydrogens (tertiary/aromatic N) is 4. The third kappa shape index (κ3) is 6.74. The van der Waals surface area contributed by atoms with Gasteiger partial charge in [0.2, 0.25) is 10.0 Å². The number of ether oxygens (including phenoxy) is 1. The van der Waals surface area contributed by atoms with Crippen LogP contribution in [0.15, 0.2) is 18.5 Å². The lowest BCUT2D eigenvalue weighted by Gasteiger charge is -2.17. The quantitative estimate of drug-likeness (QED) is 0.397. The molecule has 12 heteroatoms. The van der Waals surface area contributed by atoms with Crippen LogP contribution in [0, 0.1) is 0 Å². The molecule has 178 valence electrons. The van der Waals surface area contributed by atoms with E-state index in [1.807, 2.05) is 23.8 Å². The van der Waals surface area contributed by atoms with Crippen LogP contribution in [0.3, 0.4) is 0 Å². The molecule has 3 rings (SSSR count). The molecule has 0 aromatic carbocycles. The van der Waals surface area contributed by atoms with Gasteiger partial charge in [0.25, 0.3) is 0 Å². The predicted molar refractivity (Wildman–Crippen MR) is 128 cm³/mol. The molecule has 0 saturated carbocycles. The molecule has 1 unspecified atom stereocenters. The Kier molecular flexibility index (Phi) is 7.91. The molecule has 2 N–H and O–H groups in total. The highest BCUT2D eigenvalue weighted by Gasteiger charge is 2.31. The number of anilines is 1. The number of sulfonamides is 1. The highest BCUT2D eigenvalue weighted by atomic mass is 32.2. The lowest BCUT2D eigenvalue weighted by atomic mass is 10.3. The first kappa shape index (κ1) is 24.6. The van der Waals surface area contributed by atoms with Gasteiger partial charge >= 0.3 is 6.03 Å². The Hall–Kier alpha value is -2.02. The van der Waals surface area contributed by atoms with Gasteiger partial charge in [0, 0.05) is 40.0 Å². The molecular weight excluding hydrogens is 448 g/mol. The number of amides is 2. The zero-order chi connectivity index (χ0) is 23.4. The van der Waals surface area contributed by atoms with E-state index in [1.165, 1.54) is 10.5 Å². The number of rotatable bonds is 10. The molecule has 0 spiro atoms. The highest BCUT2D eigenvalue weighted by Crippen LogP contribution is 2.17. The number of nitrogens with one attached hydrogen (secondary N) is 2. The molecule has 1 atom stereocenters. The van der Waals surface area contributed by atoms with Gasteiger partial charge in [0.05, 0.1) is 11.9 Å². The predicted octanol–water partition coefficient (Wildman–Crippen LogP) is 2.68. The van der Waals surface area contributed by atoms with E-state index in [2.05, 4.69) is 40.2 Å². The van der Waals surface area contributed by atoms with Gasteiger partial charge in [0.1, 0.15) is 12.2 Å². The normalized spacial score (nSPS) is 17.7. The van der Waals surface area contributed by atoms with E-state index < -0.39 is 24.1 Å². The Balaban J connectivity index is 1.51. The molecule has 1 aliphatic rings. The van der Waals surface area contributed by atoms with Crippen molar-refractivity contribution >= 4 is 41.1 Å². The minimum atomic E-state index is -3.25. The smallest absolute Gasteiger partial charge is 0.320 e. The van der Waals surface area contributed by atoms with Gasteiger partial charge in [-0.1, -0.05) is 26.6 Å². The lowest BCUT2D eigenvalue weighted by Crippen LogP contribution is -2.41. The topological polar surface area (TPSA) is 118 Å². The van der Waals surface area contributed by atoms with Crippen molar-refractivity contribution in [1.82, 2.24) is 24.2 Å². The van der Waals surface area contributed by atoms with Crippen molar-refractivity contribution in [2.75, 3.05) is 30.8 Å². The molecule has 2 aromatic rings. The van der Waals surface area contributed by atoms with Crippen molar-refractivity contribution < 1.29 is 17.9 Å². The van der Waals surface area contributed by atoms with Crippen LogP contribution in [0.25, 0.3) is 11.2 Å². The fourth-order valence-corrected chi connectivity index (χ4v) is 5.81. The van der Waals surface area contributed by atoms with Crippen LogP contribution >= 0.6 is 0 Å². The summed E-state index contributed by atoms with van der Waals surface area (Å²) in [4.78, 5) is 21.2. The fraction of sp³-hybridized carbons (Fsp3) is 0.650. The molecule has 10 nitrogen and oxygen atoms in total. The van der Waals surface area contributed by atoms with Gasteiger partial charge in [-0.3, -0.25) is 5.32 Å². The Morgan fingerprint density at radius 2 is 2.12 bits per heavy atom. The van der Waals surface area contributed by atoms with Crippen molar-refractivity contribution in [3.63, 3.8) is 0 Å². The number of hydrogen-bond donors (Lipinski definition) is 2. The molecule has 0 bridgehead atoms. The Morgan fingerprint density at radius 3 is 2.84 bits per heavy atom. The van der Waals surface area contributed by atoms with Crippen LogP contribution < -0.4 is 10.6 Å². The zero-order valence-electron chi connectivity index (χ0n) is 19.3. The van der Waals surface area contributed by atoms with Crippen molar-refractivity contribution in [1.29, 1.82) is 0 Å². The average molecular weight is 483 g/mol. The van der Waals surface area contributed by atoms with Crippen LogP contribution in [0.5, 0.6) is 0 Å². The lowest BCUT2D eigenvalue weighted by molar-refractivity contribution is 0.0899. The summed E-state index contributed by atoms with van der Waals surface area (Å²) in [5.74, 6) is 0.464. The van der Waals surface area contributed by atoms with E-state index >= 15 is 0 Å². The first-order valence-electron chi connectivity index (χ1n) is 11.0. The fourth-order valence-electron chi connectivity index (χ4n) is 3.49. The van der Waals surface area contributed by atoms with Gasteiger partial charge in [-0.15, -0.1) is 0 Å². The van der Waals surface area contributed by atoms with Crippen LogP contribution in [0.2, 0.25) is 25.7 Å². The van der Waals surface area contributed by atoms with E-state index in [0.29, 0.717) is 49.6 Å². The highest BCUT2D eigenvalue weighted by molar-refractivity contribution is 7.89. The van der Waals surface area contributed by atoms with E-state index in [9.17, 15) is 13.2 Å². The summed E-state index contributed by atoms with van der Waals surface area (Å²) >= 11 is 0. The van der Waals surface area contributed by atoms with Gasteiger partial charge in [-0.05, 0) is 25.0 Å². The van der Waals surface area contributed by atoms with Crippen LogP contribution in [-0.4, -0.2) is 72.9 Å². The molecule has 1 fully saturated rings. The Bertz CT molecular complexity index is 1040. The maximum atomic E-state index is 12.4. The Morgan fingerprint density at radius 1 is 1.34 bits per heavy atom. The molecule has 1 saturated heterocycles. The van der Waals surface area contributed by atoms with Crippen LogP contribution in [0.4, 0.5) is 10.6 Å². The average Bonchev–Trinajstić information content (AvgIpc) is 3.32. The first-order valence-corrected chi connectivity index (χ1v) is 16.3. The molecule has 0 radical (unpaired) electrons. The van der Waals surface area contributed by atoms with Gasteiger partial charge in [0.15, 0.2) is 11.5 Å². The van der Waals surface area contributed by atoms with Crippen molar-refractivity contribution in [3.05, 3.63) is 18.5 Å². The second kappa shape index (κ2) is 10.3. The Labute approximate surface area is 190 Å². The van der Waals surface area contributed by atoms with Crippen molar-refractivity contribution in [2.24, 2.45) is 0 Å². The molecule has 0 aliphatic carbocycles. The second-order valence-corrected chi connectivity index (χ2v) is 17.1. The number of carbonyl (C=O) groups is 1. The van der Waals surface area contributed by atoms with Gasteiger partial charge in [-0.25, -0.2) is 23.2 Å². The largest absolute Gasteiger partial charge is 0.361 e. The molecule has 1 aliphatic heterocycles. The molecule has 3 heterocycles. The second-order valence-electron chi connectivity index (χ2n) is 9.36. The van der Waals surface area contributed by atoms with Crippen molar-refractivity contribution in [3.8, 4) is 0 Å². The minimum Gasteiger partial charge on any atom is -0.361 e. The summed E-state index contributed by atoms with van der Waals surface area (Å²) in [6.07, 6.45) is 4.53.